The van der Waals surface area contributed by atoms with Gasteiger partial charge in [0.15, 0.2) is 0 Å². The molecule has 0 aliphatic carbocycles. The maximum atomic E-state index is 5.14. The topological polar surface area (TPSA) is 42.3 Å². The van der Waals surface area contributed by atoms with Crippen LogP contribution in [0.4, 0.5) is 5.95 Å². The molecule has 0 spiro atoms. The summed E-state index contributed by atoms with van der Waals surface area (Å²) in [7, 11) is 1.74. The van der Waals surface area contributed by atoms with E-state index in [0.717, 1.165) is 19.1 Å². The lowest BCUT2D eigenvalue weighted by Crippen LogP contribution is -2.42. The largest absolute Gasteiger partial charge is 0.383 e. The molecule has 0 bridgehead atoms. The number of methoxy groups -OCH3 is 1. The highest BCUT2D eigenvalue weighted by molar-refractivity contribution is 5.29. The van der Waals surface area contributed by atoms with Crippen molar-refractivity contribution in [2.45, 2.75) is 44.3 Å². The average Bonchev–Trinajstić information content (AvgIpc) is 3.05. The molecule has 3 heterocycles. The predicted octanol–water partition coefficient (Wildman–Crippen LogP) is 1.57. The number of rotatable bonds is 5. The van der Waals surface area contributed by atoms with E-state index in [2.05, 4.69) is 19.8 Å². The Labute approximate surface area is 114 Å². The first-order valence-corrected chi connectivity index (χ1v) is 7.39. The van der Waals surface area contributed by atoms with Crippen LogP contribution in [0.1, 0.15) is 25.7 Å². The van der Waals surface area contributed by atoms with Crippen LogP contribution in [0.25, 0.3) is 0 Å². The Bertz CT molecular complexity index is 406. The van der Waals surface area contributed by atoms with E-state index < -0.39 is 0 Å². The number of aromatic nitrogens is 2. The Hall–Kier alpha value is -1.07. The van der Waals surface area contributed by atoms with Crippen molar-refractivity contribution in [1.29, 1.82) is 0 Å². The fourth-order valence-electron chi connectivity index (χ4n) is 3.40. The molecule has 106 valence electrons. The Morgan fingerprint density at radius 2 is 2.32 bits per heavy atom. The number of hydrogen-bond donors (Lipinski definition) is 1. The zero-order chi connectivity index (χ0) is 13.1. The van der Waals surface area contributed by atoms with Crippen LogP contribution in [0, 0.1) is 0 Å². The summed E-state index contributed by atoms with van der Waals surface area (Å²) in [5, 5.41) is 3.65. The van der Waals surface area contributed by atoms with E-state index in [0.29, 0.717) is 12.1 Å². The zero-order valence-corrected chi connectivity index (χ0v) is 11.7. The van der Waals surface area contributed by atoms with Crippen molar-refractivity contribution in [3.05, 3.63) is 12.4 Å². The number of fused-ring (bicyclic) bond motifs is 1. The van der Waals surface area contributed by atoms with E-state index in [9.17, 15) is 0 Å². The third kappa shape index (κ3) is 2.77. The number of anilines is 1. The molecule has 5 heteroatoms. The highest BCUT2D eigenvalue weighted by Crippen LogP contribution is 2.28. The zero-order valence-electron chi connectivity index (χ0n) is 11.7. The molecule has 3 rings (SSSR count). The fraction of sp³-hybridized carbons (Fsp3) is 0.786. The molecule has 19 heavy (non-hydrogen) atoms. The molecular formula is C14H24N4O. The standard InChI is InChI=1S/C14H24N4O/c1-19-11-10-18-9-6-15-14(18)16-12-5-8-17-7-3-2-4-13(12)17/h6,9,12-13H,2-5,7-8,10-11H2,1H3,(H,15,16). The first-order valence-electron chi connectivity index (χ1n) is 7.39. The van der Waals surface area contributed by atoms with Crippen molar-refractivity contribution in [1.82, 2.24) is 14.5 Å². The summed E-state index contributed by atoms with van der Waals surface area (Å²) in [5.74, 6) is 0.995. The molecule has 2 unspecified atom stereocenters. The van der Waals surface area contributed by atoms with Gasteiger partial charge >= 0.3 is 0 Å². The normalized spacial score (nSPS) is 27.4. The first-order chi connectivity index (χ1) is 9.38. The smallest absolute Gasteiger partial charge is 0.203 e. The molecular weight excluding hydrogens is 240 g/mol. The second-order valence-electron chi connectivity index (χ2n) is 5.58. The van der Waals surface area contributed by atoms with E-state index in [4.69, 9.17) is 4.74 Å². The van der Waals surface area contributed by atoms with Gasteiger partial charge in [-0.2, -0.15) is 0 Å². The van der Waals surface area contributed by atoms with Gasteiger partial charge in [-0.25, -0.2) is 4.98 Å². The molecule has 0 saturated carbocycles. The molecule has 1 aromatic heterocycles. The van der Waals surface area contributed by atoms with Crippen LogP contribution in [0.15, 0.2) is 12.4 Å². The van der Waals surface area contributed by atoms with Crippen LogP contribution in [0.5, 0.6) is 0 Å². The number of nitrogens with one attached hydrogen (secondary N) is 1. The molecule has 0 aromatic carbocycles. The van der Waals surface area contributed by atoms with Gasteiger partial charge in [-0.3, -0.25) is 4.90 Å². The first kappa shape index (κ1) is 12.9. The van der Waals surface area contributed by atoms with E-state index in [1.807, 2.05) is 12.4 Å². The molecule has 2 saturated heterocycles. The van der Waals surface area contributed by atoms with Gasteiger partial charge in [-0.05, 0) is 25.8 Å². The third-order valence-corrected chi connectivity index (χ3v) is 4.42. The Morgan fingerprint density at radius 3 is 3.21 bits per heavy atom. The number of hydrogen-bond acceptors (Lipinski definition) is 4. The number of piperidine rings is 1. The van der Waals surface area contributed by atoms with E-state index in [-0.39, 0.29) is 0 Å². The second-order valence-corrected chi connectivity index (χ2v) is 5.58. The van der Waals surface area contributed by atoms with Gasteiger partial charge in [0.25, 0.3) is 0 Å². The van der Waals surface area contributed by atoms with E-state index >= 15 is 0 Å². The SMILES string of the molecule is COCCn1ccnc1NC1CCN2CCCCC12. The summed E-state index contributed by atoms with van der Waals surface area (Å²) in [6.45, 7) is 4.10. The minimum atomic E-state index is 0.559. The predicted molar refractivity (Wildman–Crippen MR) is 75.3 cm³/mol. The summed E-state index contributed by atoms with van der Waals surface area (Å²) in [4.78, 5) is 7.09. The maximum absolute atomic E-state index is 5.14. The molecule has 2 aliphatic rings. The van der Waals surface area contributed by atoms with Gasteiger partial charge in [-0.15, -0.1) is 0 Å². The summed E-state index contributed by atoms with van der Waals surface area (Å²) >= 11 is 0. The Balaban J connectivity index is 1.63. The lowest BCUT2D eigenvalue weighted by atomic mass is 9.99. The van der Waals surface area contributed by atoms with Crippen molar-refractivity contribution >= 4 is 5.95 Å². The monoisotopic (exact) mass is 264 g/mol. The third-order valence-electron chi connectivity index (χ3n) is 4.42. The van der Waals surface area contributed by atoms with Crippen molar-refractivity contribution < 1.29 is 4.74 Å². The number of nitrogens with zero attached hydrogens (tertiary/aromatic N) is 3. The number of imidazole rings is 1. The molecule has 1 N–H and O–H groups in total. The molecule has 0 radical (unpaired) electrons. The average molecular weight is 264 g/mol. The van der Waals surface area contributed by atoms with Crippen LogP contribution in [-0.2, 0) is 11.3 Å². The van der Waals surface area contributed by atoms with E-state index in [1.165, 1.54) is 38.8 Å². The molecule has 2 aliphatic heterocycles. The van der Waals surface area contributed by atoms with Gasteiger partial charge in [0.2, 0.25) is 5.95 Å². The van der Waals surface area contributed by atoms with Gasteiger partial charge in [0, 0.05) is 44.7 Å². The quantitative estimate of drug-likeness (QED) is 0.876. The van der Waals surface area contributed by atoms with Crippen LogP contribution < -0.4 is 5.32 Å². The summed E-state index contributed by atoms with van der Waals surface area (Å²) in [6.07, 6.45) is 9.20. The van der Waals surface area contributed by atoms with Crippen LogP contribution >= 0.6 is 0 Å². The summed E-state index contributed by atoms with van der Waals surface area (Å²) in [5.41, 5.74) is 0. The number of ether oxygens (including phenoxy) is 1. The van der Waals surface area contributed by atoms with Crippen LogP contribution in [-0.4, -0.2) is 53.3 Å². The van der Waals surface area contributed by atoms with Gasteiger partial charge in [-0.1, -0.05) is 6.42 Å². The van der Waals surface area contributed by atoms with Gasteiger partial charge in [0.1, 0.15) is 0 Å². The van der Waals surface area contributed by atoms with Crippen molar-refractivity contribution in [3.63, 3.8) is 0 Å². The lowest BCUT2D eigenvalue weighted by molar-refractivity contribution is 0.186. The van der Waals surface area contributed by atoms with Crippen molar-refractivity contribution in [3.8, 4) is 0 Å². The lowest BCUT2D eigenvalue weighted by Gasteiger charge is -2.32. The minimum Gasteiger partial charge on any atom is -0.383 e. The second kappa shape index (κ2) is 5.92. The molecule has 5 nitrogen and oxygen atoms in total. The molecule has 2 atom stereocenters. The van der Waals surface area contributed by atoms with Crippen molar-refractivity contribution in [2.75, 3.05) is 32.1 Å². The highest BCUT2D eigenvalue weighted by atomic mass is 16.5. The molecule has 1 aromatic rings. The minimum absolute atomic E-state index is 0.559. The van der Waals surface area contributed by atoms with E-state index in [1.54, 1.807) is 7.11 Å². The van der Waals surface area contributed by atoms with Gasteiger partial charge < -0.3 is 14.6 Å². The maximum Gasteiger partial charge on any atom is 0.203 e. The Morgan fingerprint density at radius 1 is 1.37 bits per heavy atom. The Kier molecular flexibility index (Phi) is 4.03. The van der Waals surface area contributed by atoms with Crippen LogP contribution in [0.2, 0.25) is 0 Å². The molecule has 2 fully saturated rings. The van der Waals surface area contributed by atoms with Gasteiger partial charge in [0.05, 0.1) is 6.61 Å². The summed E-state index contributed by atoms with van der Waals surface area (Å²) in [6, 6.07) is 1.27. The van der Waals surface area contributed by atoms with Crippen molar-refractivity contribution in [2.24, 2.45) is 0 Å². The summed E-state index contributed by atoms with van der Waals surface area (Å²) < 4.78 is 7.29. The fourth-order valence-corrected chi connectivity index (χ4v) is 3.40. The van der Waals surface area contributed by atoms with Crippen LogP contribution in [0.3, 0.4) is 0 Å². The highest BCUT2D eigenvalue weighted by Gasteiger charge is 2.35. The molecule has 0 amide bonds.